The van der Waals surface area contributed by atoms with Gasteiger partial charge in [-0.3, -0.25) is 9.59 Å². The minimum atomic E-state index is -1.13. The quantitative estimate of drug-likeness (QED) is 0.747. The maximum Gasteiger partial charge on any atom is 0.254 e. The molecule has 1 N–H and O–H groups in total. The predicted molar refractivity (Wildman–Crippen MR) is 105 cm³/mol. The Kier molecular flexibility index (Phi) is 7.03. The summed E-state index contributed by atoms with van der Waals surface area (Å²) in [4.78, 5) is 27.3. The number of nitrogens with zero attached hydrogens (tertiary/aromatic N) is 1. The van der Waals surface area contributed by atoms with E-state index in [0.29, 0.717) is 25.4 Å². The van der Waals surface area contributed by atoms with Crippen molar-refractivity contribution in [1.29, 1.82) is 0 Å². The first-order chi connectivity index (χ1) is 13.5. The van der Waals surface area contributed by atoms with Gasteiger partial charge in [0.05, 0.1) is 11.3 Å². The minimum Gasteiger partial charge on any atom is -0.352 e. The van der Waals surface area contributed by atoms with Crippen LogP contribution < -0.4 is 5.32 Å². The third-order valence-electron chi connectivity index (χ3n) is 4.82. The van der Waals surface area contributed by atoms with E-state index in [1.807, 2.05) is 35.2 Å². The van der Waals surface area contributed by atoms with Crippen LogP contribution in [-0.4, -0.2) is 42.1 Å². The molecule has 1 heterocycles. The highest BCUT2D eigenvalue weighted by atomic mass is 32.2. The van der Waals surface area contributed by atoms with Gasteiger partial charge in [0, 0.05) is 24.5 Å². The van der Waals surface area contributed by atoms with Crippen molar-refractivity contribution in [2.75, 3.05) is 25.4 Å². The van der Waals surface area contributed by atoms with Gasteiger partial charge in [0.2, 0.25) is 5.91 Å². The standard InChI is InChI=1S/C21H22F2N2O2S/c22-18-8-4-7-17(20(18)23)21(27)24-13-15-9-11-25(12-10-15)19(26)14-28-16-5-2-1-3-6-16/h1-8,15H,9-14H2,(H,24,27). The lowest BCUT2D eigenvalue weighted by Gasteiger charge is -2.32. The molecule has 148 valence electrons. The maximum absolute atomic E-state index is 13.7. The van der Waals surface area contributed by atoms with Crippen LogP contribution in [0.5, 0.6) is 0 Å². The van der Waals surface area contributed by atoms with Crippen LogP contribution in [0.2, 0.25) is 0 Å². The molecule has 2 aromatic rings. The zero-order valence-corrected chi connectivity index (χ0v) is 16.2. The largest absolute Gasteiger partial charge is 0.352 e. The Morgan fingerprint density at radius 1 is 1.04 bits per heavy atom. The number of hydrogen-bond acceptors (Lipinski definition) is 3. The van der Waals surface area contributed by atoms with Crippen LogP contribution in [0.25, 0.3) is 0 Å². The molecule has 1 fully saturated rings. The van der Waals surface area contributed by atoms with Gasteiger partial charge in [0.25, 0.3) is 5.91 Å². The summed E-state index contributed by atoms with van der Waals surface area (Å²) >= 11 is 1.52. The lowest BCUT2D eigenvalue weighted by Crippen LogP contribution is -2.42. The zero-order chi connectivity index (χ0) is 19.9. The van der Waals surface area contributed by atoms with E-state index >= 15 is 0 Å². The van der Waals surface area contributed by atoms with Crippen molar-refractivity contribution in [3.8, 4) is 0 Å². The van der Waals surface area contributed by atoms with Gasteiger partial charge in [0.15, 0.2) is 11.6 Å². The predicted octanol–water partition coefficient (Wildman–Crippen LogP) is 3.73. The van der Waals surface area contributed by atoms with Gasteiger partial charge in [0.1, 0.15) is 0 Å². The molecule has 0 unspecified atom stereocenters. The molecule has 0 radical (unpaired) electrons. The average molecular weight is 404 g/mol. The first-order valence-electron chi connectivity index (χ1n) is 9.22. The Morgan fingerprint density at radius 2 is 1.75 bits per heavy atom. The lowest BCUT2D eigenvalue weighted by molar-refractivity contribution is -0.129. The average Bonchev–Trinajstić information content (AvgIpc) is 2.73. The fourth-order valence-electron chi connectivity index (χ4n) is 3.15. The van der Waals surface area contributed by atoms with Gasteiger partial charge < -0.3 is 10.2 Å². The van der Waals surface area contributed by atoms with Crippen LogP contribution in [0, 0.1) is 17.6 Å². The highest BCUT2D eigenvalue weighted by molar-refractivity contribution is 8.00. The fraction of sp³-hybridized carbons (Fsp3) is 0.333. The number of benzene rings is 2. The smallest absolute Gasteiger partial charge is 0.254 e. The summed E-state index contributed by atoms with van der Waals surface area (Å²) in [6.07, 6.45) is 1.54. The fourth-order valence-corrected chi connectivity index (χ4v) is 3.97. The molecular formula is C21H22F2N2O2S. The van der Waals surface area contributed by atoms with Crippen LogP contribution in [-0.2, 0) is 4.79 Å². The summed E-state index contributed by atoms with van der Waals surface area (Å²) in [7, 11) is 0. The van der Waals surface area contributed by atoms with Gasteiger partial charge >= 0.3 is 0 Å². The minimum absolute atomic E-state index is 0.109. The molecule has 2 amide bonds. The van der Waals surface area contributed by atoms with Crippen molar-refractivity contribution in [2.45, 2.75) is 17.7 Å². The zero-order valence-electron chi connectivity index (χ0n) is 15.4. The molecule has 1 aliphatic rings. The third kappa shape index (κ3) is 5.32. The number of rotatable bonds is 6. The molecule has 1 aliphatic heterocycles. The number of thioether (sulfide) groups is 1. The molecule has 0 saturated carbocycles. The number of halogens is 2. The molecule has 7 heteroatoms. The lowest BCUT2D eigenvalue weighted by atomic mass is 9.96. The van der Waals surface area contributed by atoms with Crippen molar-refractivity contribution in [1.82, 2.24) is 10.2 Å². The summed E-state index contributed by atoms with van der Waals surface area (Å²) < 4.78 is 26.9. The Bertz CT molecular complexity index is 824. The number of amides is 2. The normalized spacial score (nSPS) is 14.7. The molecule has 0 aromatic heterocycles. The van der Waals surface area contributed by atoms with E-state index in [9.17, 15) is 18.4 Å². The van der Waals surface area contributed by atoms with Gasteiger partial charge in [-0.15, -0.1) is 11.8 Å². The molecule has 28 heavy (non-hydrogen) atoms. The first kappa shape index (κ1) is 20.3. The van der Waals surface area contributed by atoms with Crippen LogP contribution in [0.15, 0.2) is 53.4 Å². The second kappa shape index (κ2) is 9.68. The van der Waals surface area contributed by atoms with Gasteiger partial charge in [-0.1, -0.05) is 24.3 Å². The number of hydrogen-bond donors (Lipinski definition) is 1. The van der Waals surface area contributed by atoms with E-state index < -0.39 is 17.5 Å². The Morgan fingerprint density at radius 3 is 2.46 bits per heavy atom. The Labute approximate surface area is 167 Å². The van der Waals surface area contributed by atoms with E-state index in [2.05, 4.69) is 5.32 Å². The molecule has 0 aliphatic carbocycles. The maximum atomic E-state index is 13.7. The van der Waals surface area contributed by atoms with E-state index in [4.69, 9.17) is 0 Å². The van der Waals surface area contributed by atoms with E-state index in [1.165, 1.54) is 23.9 Å². The molecule has 0 spiro atoms. The number of likely N-dealkylation sites (tertiary alicyclic amines) is 1. The monoisotopic (exact) mass is 404 g/mol. The summed E-state index contributed by atoms with van der Waals surface area (Å²) in [6.45, 7) is 1.67. The summed E-state index contributed by atoms with van der Waals surface area (Å²) in [5, 5.41) is 2.67. The van der Waals surface area contributed by atoms with Crippen molar-refractivity contribution < 1.29 is 18.4 Å². The van der Waals surface area contributed by atoms with Gasteiger partial charge in [-0.25, -0.2) is 8.78 Å². The topological polar surface area (TPSA) is 49.4 Å². The molecule has 3 rings (SSSR count). The summed E-state index contributed by atoms with van der Waals surface area (Å²) in [5.74, 6) is -2.05. The molecule has 0 atom stereocenters. The third-order valence-corrected chi connectivity index (χ3v) is 5.82. The first-order valence-corrected chi connectivity index (χ1v) is 10.2. The molecule has 4 nitrogen and oxygen atoms in total. The summed E-state index contributed by atoms with van der Waals surface area (Å²) in [6, 6.07) is 13.4. The number of nitrogens with one attached hydrogen (secondary N) is 1. The van der Waals surface area contributed by atoms with Crippen molar-refractivity contribution in [2.24, 2.45) is 5.92 Å². The Balaban J connectivity index is 1.41. The van der Waals surface area contributed by atoms with E-state index in [1.54, 1.807) is 0 Å². The van der Waals surface area contributed by atoms with Crippen LogP contribution in [0.1, 0.15) is 23.2 Å². The Hall–Kier alpha value is -2.41. The summed E-state index contributed by atoms with van der Waals surface area (Å²) in [5.41, 5.74) is -0.287. The highest BCUT2D eigenvalue weighted by Gasteiger charge is 2.24. The van der Waals surface area contributed by atoms with Crippen molar-refractivity contribution >= 4 is 23.6 Å². The molecule has 1 saturated heterocycles. The van der Waals surface area contributed by atoms with Crippen molar-refractivity contribution in [3.63, 3.8) is 0 Å². The number of carbonyl (C=O) groups is 2. The molecule has 0 bridgehead atoms. The molecule has 2 aromatic carbocycles. The van der Waals surface area contributed by atoms with Gasteiger partial charge in [-0.2, -0.15) is 0 Å². The van der Waals surface area contributed by atoms with E-state index in [-0.39, 0.29) is 17.4 Å². The van der Waals surface area contributed by atoms with Gasteiger partial charge in [-0.05, 0) is 43.0 Å². The van der Waals surface area contributed by atoms with Crippen molar-refractivity contribution in [3.05, 3.63) is 65.7 Å². The number of piperidine rings is 1. The van der Waals surface area contributed by atoms with Crippen LogP contribution in [0.3, 0.4) is 0 Å². The second-order valence-electron chi connectivity index (χ2n) is 6.74. The van der Waals surface area contributed by atoms with E-state index in [0.717, 1.165) is 23.8 Å². The SMILES string of the molecule is O=C(NCC1CCN(C(=O)CSc2ccccc2)CC1)c1cccc(F)c1F. The second-order valence-corrected chi connectivity index (χ2v) is 7.79. The highest BCUT2D eigenvalue weighted by Crippen LogP contribution is 2.21. The van der Waals surface area contributed by atoms with Crippen LogP contribution in [0.4, 0.5) is 8.78 Å². The van der Waals surface area contributed by atoms with Crippen LogP contribution >= 0.6 is 11.8 Å². The molecular weight excluding hydrogens is 382 g/mol. The number of carbonyl (C=O) groups excluding carboxylic acids is 2.